The Hall–Kier alpha value is 3.74. The molecule has 0 aliphatic carbocycles. The molecule has 0 aliphatic heterocycles. The molecular weight excluding hydrogens is 265 g/mol. The van der Waals surface area contributed by atoms with Crippen molar-refractivity contribution in [3.63, 3.8) is 0 Å². The topological polar surface area (TPSA) is 57.2 Å². The minimum atomic E-state index is -4.20. The third-order valence-corrected chi connectivity index (χ3v) is 0. The van der Waals surface area contributed by atoms with E-state index in [2.05, 4.69) is 0 Å². The zero-order chi connectivity index (χ0) is 3.58. The maximum absolute atomic E-state index is 8.60. The first-order valence-electron chi connectivity index (χ1n) is 0.548. The molecule has 26 valence electrons. The Morgan fingerprint density at radius 1 is 1.50 bits per heavy atom. The third-order valence-electron chi connectivity index (χ3n) is 0. The monoisotopic (exact) mass is 266 g/mol. The van der Waals surface area contributed by atoms with Gasteiger partial charge in [-0.15, -0.1) is 0 Å². The molecule has 0 saturated carbocycles. The van der Waals surface area contributed by atoms with Gasteiger partial charge >= 0.3 is 138 Å². The van der Waals surface area contributed by atoms with E-state index in [1.165, 1.54) is 0 Å². The zero-order valence-corrected chi connectivity index (χ0v) is 13.9. The molecule has 0 bridgehead atoms. The van der Waals surface area contributed by atoms with Crippen molar-refractivity contribution in [3.8, 4) is 0 Å². The zero-order valence-electron chi connectivity index (χ0n) is 4.67. The Balaban J connectivity index is -0.0000000150. The van der Waals surface area contributed by atoms with E-state index in [1.807, 2.05) is 0 Å². The molecule has 0 aliphatic rings. The van der Waals surface area contributed by atoms with Gasteiger partial charge in [0.2, 0.25) is 0 Å². The van der Waals surface area contributed by atoms with Crippen molar-refractivity contribution in [1.29, 1.82) is 0 Å². The number of hydrogen-bond donors (Lipinski definition) is 0. The van der Waals surface area contributed by atoms with E-state index in [1.54, 1.807) is 0 Å². The van der Waals surface area contributed by atoms with E-state index < -0.39 is 18.8 Å². The van der Waals surface area contributed by atoms with Gasteiger partial charge in [0.25, 0.3) is 0 Å². The van der Waals surface area contributed by atoms with Gasteiger partial charge < -0.3 is 1.43 Å². The van der Waals surface area contributed by atoms with E-state index in [0.29, 0.717) is 0 Å². The van der Waals surface area contributed by atoms with Crippen LogP contribution in [0.25, 0.3) is 0 Å². The van der Waals surface area contributed by atoms with Crippen molar-refractivity contribution < 1.29 is 140 Å². The predicted octanol–water partition coefficient (Wildman–Crippen LogP) is -7.31. The largest absolute Gasteiger partial charge is 1.00 e. The summed E-state index contributed by atoms with van der Waals surface area (Å²) in [5.74, 6) is 0. The van der Waals surface area contributed by atoms with E-state index in [-0.39, 0.29) is 111 Å². The molecule has 0 atom stereocenters. The predicted molar refractivity (Wildman–Crippen MR) is 2.49 cm³/mol. The number of rotatable bonds is 0. The smallest absolute Gasteiger partial charge is 1.00 e. The second-order valence-corrected chi connectivity index (χ2v) is 1.32. The van der Waals surface area contributed by atoms with Crippen LogP contribution in [0.15, 0.2) is 0 Å². The average Bonchev–Trinajstić information content (AvgIpc) is 0.811. The first-order chi connectivity index (χ1) is 1.73. The normalized spacial score (nSPS) is 4.17. The fraction of sp³-hybridized carbons (Fsp3) is 0. The molecule has 0 unspecified atom stereocenters. The first kappa shape index (κ1) is 16.4. The Morgan fingerprint density at radius 3 is 1.50 bits per heavy atom. The summed E-state index contributed by atoms with van der Waals surface area (Å²) in [4.78, 5) is 0. The minimum Gasteiger partial charge on any atom is 1.00 e. The molecule has 0 spiro atoms. The average molecular weight is 266 g/mol. The quantitative estimate of drug-likeness (QED) is 0.409. The summed E-state index contributed by atoms with van der Waals surface area (Å²) in [6.45, 7) is 0. The molecule has 0 aromatic rings. The molecule has 0 saturated heterocycles. The van der Waals surface area contributed by atoms with Gasteiger partial charge in [0, 0.05) is 0 Å². The summed E-state index contributed by atoms with van der Waals surface area (Å²) in [5.41, 5.74) is 0. The summed E-state index contributed by atoms with van der Waals surface area (Å²) in [7, 11) is 0. The maximum atomic E-state index is 8.60. The Bertz CT molecular complexity index is 63.3. The second kappa shape index (κ2) is 11.5. The van der Waals surface area contributed by atoms with Gasteiger partial charge in [-0.1, -0.05) is 0 Å². The van der Waals surface area contributed by atoms with Gasteiger partial charge in [-0.25, -0.2) is 0 Å². The van der Waals surface area contributed by atoms with E-state index >= 15 is 0 Å². The SMILES string of the molecule is [H-].[K+].[O]=[Nb](=[O])[O-].[Rb+]. The van der Waals surface area contributed by atoms with Crippen LogP contribution in [0.5, 0.6) is 0 Å². The first-order valence-corrected chi connectivity index (χ1v) is 3.24. The van der Waals surface area contributed by atoms with Crippen LogP contribution in [-0.4, -0.2) is 0 Å². The van der Waals surface area contributed by atoms with Crippen LogP contribution in [0.3, 0.4) is 0 Å². The van der Waals surface area contributed by atoms with E-state index in [4.69, 9.17) is 10.1 Å². The molecule has 0 aromatic carbocycles. The van der Waals surface area contributed by atoms with Gasteiger partial charge in [0.05, 0.1) is 0 Å². The maximum Gasteiger partial charge on any atom is 1.00 e. The standard InChI is InChI=1S/K.Nb.3O.Rb.H/q+1;;;;-1;+1;-1. The molecule has 6 heavy (non-hydrogen) atoms. The molecule has 0 N–H and O–H groups in total. The molecule has 0 radical (unpaired) electrons. The van der Waals surface area contributed by atoms with Crippen LogP contribution in [-0.2, 0) is 25.3 Å². The fourth-order valence-corrected chi connectivity index (χ4v) is 0. The fourth-order valence-electron chi connectivity index (χ4n) is 0. The van der Waals surface area contributed by atoms with Crippen molar-refractivity contribution in [2.24, 2.45) is 0 Å². The van der Waals surface area contributed by atoms with Crippen molar-refractivity contribution >= 4 is 0 Å². The molecule has 0 rings (SSSR count). The summed E-state index contributed by atoms with van der Waals surface area (Å²) in [6, 6.07) is 0. The van der Waals surface area contributed by atoms with Crippen molar-refractivity contribution in [2.45, 2.75) is 0 Å². The van der Waals surface area contributed by atoms with Gasteiger partial charge in [-0.2, -0.15) is 0 Å². The molecule has 0 fully saturated rings. The van der Waals surface area contributed by atoms with E-state index in [9.17, 15) is 0 Å². The van der Waals surface area contributed by atoms with Crippen LogP contribution >= 0.6 is 0 Å². The van der Waals surface area contributed by atoms with Crippen LogP contribution in [0.2, 0.25) is 0 Å². The third kappa shape index (κ3) is 25.1. The van der Waals surface area contributed by atoms with Crippen LogP contribution in [0.1, 0.15) is 1.43 Å². The Morgan fingerprint density at radius 2 is 1.50 bits per heavy atom. The van der Waals surface area contributed by atoms with Gasteiger partial charge in [0.15, 0.2) is 0 Å². The molecular formula is HKNbO3Rb. The van der Waals surface area contributed by atoms with Crippen molar-refractivity contribution in [2.75, 3.05) is 0 Å². The van der Waals surface area contributed by atoms with Crippen LogP contribution in [0.4, 0.5) is 0 Å². The molecule has 0 aromatic heterocycles. The Labute approximate surface area is 135 Å². The summed E-state index contributed by atoms with van der Waals surface area (Å²) < 4.78 is 25.8. The molecule has 6 heteroatoms. The van der Waals surface area contributed by atoms with E-state index in [0.717, 1.165) is 0 Å². The van der Waals surface area contributed by atoms with Crippen LogP contribution in [0, 0.1) is 0 Å². The summed E-state index contributed by atoms with van der Waals surface area (Å²) >= 11 is -4.20. The minimum absolute atomic E-state index is 0. The van der Waals surface area contributed by atoms with Gasteiger partial charge in [0.1, 0.15) is 0 Å². The van der Waals surface area contributed by atoms with Gasteiger partial charge in [-0.3, -0.25) is 0 Å². The van der Waals surface area contributed by atoms with Gasteiger partial charge in [-0.05, 0) is 0 Å². The van der Waals surface area contributed by atoms with Crippen molar-refractivity contribution in [1.82, 2.24) is 0 Å². The molecule has 0 amide bonds. The van der Waals surface area contributed by atoms with Crippen molar-refractivity contribution in [3.05, 3.63) is 0 Å². The molecule has 0 heterocycles. The summed E-state index contributed by atoms with van der Waals surface area (Å²) in [5, 5.41) is 0. The van der Waals surface area contributed by atoms with Crippen LogP contribution < -0.4 is 113 Å². The Kier molecular flexibility index (Phi) is 31.5. The summed E-state index contributed by atoms with van der Waals surface area (Å²) in [6.07, 6.45) is 0. The second-order valence-electron chi connectivity index (χ2n) is 0.224. The molecule has 3 nitrogen and oxygen atoms in total. The number of hydrogen-bond acceptors (Lipinski definition) is 3.